The molecule has 1 aromatic carbocycles. The van der Waals surface area contributed by atoms with E-state index in [0.717, 1.165) is 11.1 Å². The fourth-order valence-corrected chi connectivity index (χ4v) is 1.86. The first kappa shape index (κ1) is 16.2. The summed E-state index contributed by atoms with van der Waals surface area (Å²) < 4.78 is 0. The van der Waals surface area contributed by atoms with Crippen molar-refractivity contribution in [3.63, 3.8) is 0 Å². The van der Waals surface area contributed by atoms with Crippen LogP contribution < -0.4 is 0 Å². The Balaban J connectivity index is 2.87. The van der Waals surface area contributed by atoms with Crippen molar-refractivity contribution >= 4 is 23.5 Å². The third-order valence-corrected chi connectivity index (χ3v) is 3.01. The number of halogens is 1. The highest BCUT2D eigenvalue weighted by molar-refractivity contribution is 6.31. The van der Waals surface area contributed by atoms with Gasteiger partial charge in [-0.3, -0.25) is 9.59 Å². The summed E-state index contributed by atoms with van der Waals surface area (Å²) in [6.07, 6.45) is 1.41. The Kier molecular flexibility index (Phi) is 6.25. The van der Waals surface area contributed by atoms with E-state index in [4.69, 9.17) is 16.7 Å². The summed E-state index contributed by atoms with van der Waals surface area (Å²) in [5.41, 5.74) is 1.67. The molecule has 0 heterocycles. The minimum atomic E-state index is -0.931. The number of benzene rings is 1. The molecule has 0 radical (unpaired) electrons. The zero-order valence-corrected chi connectivity index (χ0v) is 12.4. The molecule has 0 saturated carbocycles. The van der Waals surface area contributed by atoms with Gasteiger partial charge in [0.1, 0.15) is 0 Å². The number of carboxylic acid groups (broad SMARTS) is 1. The summed E-state index contributed by atoms with van der Waals surface area (Å²) in [6.45, 7) is 4.10. The molecule has 0 aliphatic carbocycles. The normalized spacial score (nSPS) is 9.95. The van der Waals surface area contributed by atoms with Crippen molar-refractivity contribution in [3.8, 4) is 0 Å². The summed E-state index contributed by atoms with van der Waals surface area (Å²) in [6, 6.07) is 7.22. The van der Waals surface area contributed by atoms with Crippen molar-refractivity contribution in [2.45, 2.75) is 26.8 Å². The Morgan fingerprint density at radius 2 is 1.95 bits per heavy atom. The van der Waals surface area contributed by atoms with Gasteiger partial charge in [0, 0.05) is 24.2 Å². The second-order valence-electron chi connectivity index (χ2n) is 4.72. The summed E-state index contributed by atoms with van der Waals surface area (Å²) >= 11 is 6.07. The maximum Gasteiger partial charge on any atom is 0.305 e. The molecule has 1 rings (SSSR count). The molecule has 1 aromatic rings. The smallest absolute Gasteiger partial charge is 0.305 e. The van der Waals surface area contributed by atoms with Crippen LogP contribution in [0.2, 0.25) is 5.02 Å². The maximum absolute atomic E-state index is 12.1. The molecule has 1 amide bonds. The van der Waals surface area contributed by atoms with Gasteiger partial charge in [-0.2, -0.15) is 0 Å². The van der Waals surface area contributed by atoms with Gasteiger partial charge in [0.25, 0.3) is 0 Å². The first-order chi connectivity index (χ1) is 9.40. The lowest BCUT2D eigenvalue weighted by Crippen LogP contribution is -2.31. The quantitative estimate of drug-likeness (QED) is 0.820. The van der Waals surface area contributed by atoms with E-state index >= 15 is 0 Å². The van der Waals surface area contributed by atoms with Crippen molar-refractivity contribution in [3.05, 3.63) is 46.5 Å². The number of carbonyl (C=O) groups excluding carboxylic acids is 1. The van der Waals surface area contributed by atoms with Crippen LogP contribution in [0, 0.1) is 0 Å². The Hall–Kier alpha value is -1.81. The fourth-order valence-electron chi connectivity index (χ4n) is 1.67. The molecule has 0 atom stereocenters. The van der Waals surface area contributed by atoms with Gasteiger partial charge < -0.3 is 10.0 Å². The first-order valence-corrected chi connectivity index (χ1v) is 6.67. The van der Waals surface area contributed by atoms with E-state index in [-0.39, 0.29) is 18.9 Å². The Labute approximate surface area is 123 Å². The average Bonchev–Trinajstić information content (AvgIpc) is 2.35. The van der Waals surface area contributed by atoms with Gasteiger partial charge in [-0.05, 0) is 25.5 Å². The largest absolute Gasteiger partial charge is 0.481 e. The molecule has 20 heavy (non-hydrogen) atoms. The van der Waals surface area contributed by atoms with Crippen molar-refractivity contribution < 1.29 is 14.7 Å². The minimum absolute atomic E-state index is 0.0905. The van der Waals surface area contributed by atoms with Gasteiger partial charge >= 0.3 is 5.97 Å². The molecule has 0 spiro atoms. The first-order valence-electron chi connectivity index (χ1n) is 6.29. The van der Waals surface area contributed by atoms with E-state index in [2.05, 4.69) is 0 Å². The highest BCUT2D eigenvalue weighted by Gasteiger charge is 2.14. The van der Waals surface area contributed by atoms with Crippen LogP contribution >= 0.6 is 11.6 Å². The minimum Gasteiger partial charge on any atom is -0.481 e. The molecule has 0 saturated heterocycles. The van der Waals surface area contributed by atoms with Gasteiger partial charge in [0.15, 0.2) is 0 Å². The molecular weight excluding hydrogens is 278 g/mol. The number of carboxylic acids is 1. The molecule has 0 bridgehead atoms. The summed E-state index contributed by atoms with van der Waals surface area (Å²) in [7, 11) is 0. The molecule has 4 nitrogen and oxygen atoms in total. The predicted octanol–water partition coefficient (Wildman–Crippen LogP) is 3.11. The Bertz CT molecular complexity index is 522. The van der Waals surface area contributed by atoms with E-state index in [1.807, 2.05) is 32.0 Å². The number of allylic oxidation sites excluding steroid dienone is 1. The third-order valence-electron chi connectivity index (χ3n) is 2.64. The maximum atomic E-state index is 12.1. The molecular formula is C15H18ClNO3. The van der Waals surface area contributed by atoms with Crippen LogP contribution in [0.25, 0.3) is 0 Å². The number of hydrogen-bond acceptors (Lipinski definition) is 2. The summed E-state index contributed by atoms with van der Waals surface area (Å²) in [4.78, 5) is 24.3. The highest BCUT2D eigenvalue weighted by Crippen LogP contribution is 2.17. The van der Waals surface area contributed by atoms with Crippen molar-refractivity contribution in [2.75, 3.05) is 6.54 Å². The predicted molar refractivity (Wildman–Crippen MR) is 78.6 cm³/mol. The van der Waals surface area contributed by atoms with E-state index in [0.29, 0.717) is 11.6 Å². The van der Waals surface area contributed by atoms with Crippen LogP contribution in [0.4, 0.5) is 0 Å². The lowest BCUT2D eigenvalue weighted by atomic mass is 10.2. The van der Waals surface area contributed by atoms with Gasteiger partial charge in [-0.1, -0.05) is 35.4 Å². The van der Waals surface area contributed by atoms with Crippen LogP contribution in [-0.4, -0.2) is 28.4 Å². The van der Waals surface area contributed by atoms with E-state index < -0.39 is 5.97 Å². The van der Waals surface area contributed by atoms with Gasteiger partial charge in [0.05, 0.1) is 6.42 Å². The average molecular weight is 296 g/mol. The van der Waals surface area contributed by atoms with Crippen LogP contribution in [0.1, 0.15) is 25.8 Å². The van der Waals surface area contributed by atoms with E-state index in [1.165, 1.54) is 11.0 Å². The molecule has 5 heteroatoms. The topological polar surface area (TPSA) is 57.6 Å². The number of nitrogens with zero attached hydrogens (tertiary/aromatic N) is 1. The second kappa shape index (κ2) is 7.70. The Morgan fingerprint density at radius 1 is 1.30 bits per heavy atom. The fraction of sp³-hybridized carbons (Fsp3) is 0.333. The standard InChI is InChI=1S/C15H18ClNO3/c1-11(2)9-14(18)17(8-7-15(19)20)10-12-5-3-4-6-13(12)16/h3-6,9H,7-8,10H2,1-2H3,(H,19,20). The van der Waals surface area contributed by atoms with Crippen LogP contribution in [-0.2, 0) is 16.1 Å². The molecule has 1 N–H and O–H groups in total. The number of aliphatic carboxylic acids is 1. The summed E-state index contributed by atoms with van der Waals surface area (Å²) in [5.74, 6) is -1.13. The Morgan fingerprint density at radius 3 is 2.50 bits per heavy atom. The van der Waals surface area contributed by atoms with Crippen LogP contribution in [0.15, 0.2) is 35.9 Å². The van der Waals surface area contributed by atoms with Crippen molar-refractivity contribution in [1.82, 2.24) is 4.90 Å². The molecule has 0 aromatic heterocycles. The zero-order chi connectivity index (χ0) is 15.1. The van der Waals surface area contributed by atoms with E-state index in [1.54, 1.807) is 6.07 Å². The van der Waals surface area contributed by atoms with Gasteiger partial charge in [-0.15, -0.1) is 0 Å². The number of amides is 1. The SMILES string of the molecule is CC(C)=CC(=O)N(CCC(=O)O)Cc1ccccc1Cl. The van der Waals surface area contributed by atoms with E-state index in [9.17, 15) is 9.59 Å². The third kappa shape index (κ3) is 5.45. The monoisotopic (exact) mass is 295 g/mol. The number of carbonyl (C=O) groups is 2. The van der Waals surface area contributed by atoms with Crippen molar-refractivity contribution in [2.24, 2.45) is 0 Å². The second-order valence-corrected chi connectivity index (χ2v) is 5.12. The van der Waals surface area contributed by atoms with Crippen LogP contribution in [0.5, 0.6) is 0 Å². The molecule has 108 valence electrons. The number of hydrogen-bond donors (Lipinski definition) is 1. The highest BCUT2D eigenvalue weighted by atomic mass is 35.5. The zero-order valence-electron chi connectivity index (χ0n) is 11.6. The molecule has 0 fully saturated rings. The molecule has 0 unspecified atom stereocenters. The lowest BCUT2D eigenvalue weighted by molar-refractivity contribution is -0.138. The van der Waals surface area contributed by atoms with Gasteiger partial charge in [-0.25, -0.2) is 0 Å². The lowest BCUT2D eigenvalue weighted by Gasteiger charge is -2.21. The van der Waals surface area contributed by atoms with Gasteiger partial charge in [0.2, 0.25) is 5.91 Å². The molecule has 0 aliphatic rings. The number of rotatable bonds is 6. The summed E-state index contributed by atoms with van der Waals surface area (Å²) in [5, 5.41) is 9.33. The molecule has 0 aliphatic heterocycles. The van der Waals surface area contributed by atoms with Crippen LogP contribution in [0.3, 0.4) is 0 Å². The van der Waals surface area contributed by atoms with Crippen molar-refractivity contribution in [1.29, 1.82) is 0 Å².